The molecular weight excluding hydrogens is 424 g/mol. The highest BCUT2D eigenvalue weighted by Crippen LogP contribution is 2.18. The van der Waals surface area contributed by atoms with Crippen molar-refractivity contribution in [1.82, 2.24) is 10.2 Å². The first kappa shape index (κ1) is 30.9. The van der Waals surface area contributed by atoms with E-state index in [-0.39, 0.29) is 24.5 Å². The maximum absolute atomic E-state index is 12.2. The van der Waals surface area contributed by atoms with Crippen molar-refractivity contribution in [2.75, 3.05) is 19.7 Å². The van der Waals surface area contributed by atoms with E-state index in [2.05, 4.69) is 12.2 Å². The Morgan fingerprint density at radius 1 is 0.735 bits per heavy atom. The fourth-order valence-corrected chi connectivity index (χ4v) is 5.05. The predicted molar refractivity (Wildman–Crippen MR) is 143 cm³/mol. The smallest absolute Gasteiger partial charge is 0.222 e. The van der Waals surface area contributed by atoms with E-state index >= 15 is 0 Å². The normalized spacial score (nSPS) is 15.7. The molecule has 1 aliphatic rings. The molecule has 0 bridgehead atoms. The second-order valence-electron chi connectivity index (χ2n) is 10.4. The molecule has 0 saturated carbocycles. The molecule has 0 unspecified atom stereocenters. The van der Waals surface area contributed by atoms with Gasteiger partial charge in [-0.25, -0.2) is 0 Å². The molecule has 0 aliphatic carbocycles. The predicted octanol–water partition coefficient (Wildman–Crippen LogP) is 6.91. The van der Waals surface area contributed by atoms with Crippen molar-refractivity contribution >= 4 is 11.8 Å². The van der Waals surface area contributed by atoms with Gasteiger partial charge < -0.3 is 15.3 Å². The van der Waals surface area contributed by atoms with E-state index in [9.17, 15) is 14.7 Å². The van der Waals surface area contributed by atoms with E-state index in [1.807, 2.05) is 4.90 Å². The minimum Gasteiger partial charge on any atom is -0.394 e. The SMILES string of the molecule is CCCCCCCCCCCCCCCCCC(=O)NCCCCCC(=O)N1CCC[C@H]1CO. The topological polar surface area (TPSA) is 69.6 Å². The quantitative estimate of drug-likeness (QED) is 0.156. The molecule has 0 aromatic rings. The molecule has 5 nitrogen and oxygen atoms in total. The molecule has 34 heavy (non-hydrogen) atoms. The van der Waals surface area contributed by atoms with Crippen molar-refractivity contribution in [3.63, 3.8) is 0 Å². The zero-order valence-corrected chi connectivity index (χ0v) is 22.5. The van der Waals surface area contributed by atoms with Crippen molar-refractivity contribution in [2.45, 2.75) is 154 Å². The summed E-state index contributed by atoms with van der Waals surface area (Å²) in [6.45, 7) is 3.87. The molecule has 1 fully saturated rings. The number of hydrogen-bond donors (Lipinski definition) is 2. The summed E-state index contributed by atoms with van der Waals surface area (Å²) in [4.78, 5) is 26.0. The van der Waals surface area contributed by atoms with Crippen molar-refractivity contribution in [1.29, 1.82) is 0 Å². The molecule has 1 rings (SSSR count). The Bertz CT molecular complexity index is 498. The Labute approximate surface area is 210 Å². The minimum absolute atomic E-state index is 0.0338. The monoisotopic (exact) mass is 480 g/mol. The fourth-order valence-electron chi connectivity index (χ4n) is 5.05. The summed E-state index contributed by atoms with van der Waals surface area (Å²) in [5.41, 5.74) is 0. The van der Waals surface area contributed by atoms with E-state index in [0.29, 0.717) is 12.8 Å². The number of carbonyl (C=O) groups is 2. The first-order valence-electron chi connectivity index (χ1n) is 14.9. The number of amides is 2. The van der Waals surface area contributed by atoms with E-state index in [4.69, 9.17) is 0 Å². The van der Waals surface area contributed by atoms with Crippen molar-refractivity contribution in [2.24, 2.45) is 0 Å². The third kappa shape index (κ3) is 16.5. The van der Waals surface area contributed by atoms with Gasteiger partial charge in [0, 0.05) is 25.9 Å². The molecule has 5 heteroatoms. The second kappa shape index (κ2) is 22.4. The Morgan fingerprint density at radius 3 is 1.79 bits per heavy atom. The molecule has 0 spiro atoms. The maximum Gasteiger partial charge on any atom is 0.222 e. The van der Waals surface area contributed by atoms with Crippen molar-refractivity contribution in [3.05, 3.63) is 0 Å². The molecule has 2 amide bonds. The minimum atomic E-state index is 0.0338. The van der Waals surface area contributed by atoms with Gasteiger partial charge in [0.25, 0.3) is 0 Å². The van der Waals surface area contributed by atoms with Crippen LogP contribution in [-0.2, 0) is 9.59 Å². The van der Waals surface area contributed by atoms with Gasteiger partial charge in [-0.05, 0) is 32.1 Å². The Hall–Kier alpha value is -1.10. The number of likely N-dealkylation sites (tertiary alicyclic amines) is 1. The molecular formula is C29H56N2O3. The summed E-state index contributed by atoms with van der Waals surface area (Å²) >= 11 is 0. The van der Waals surface area contributed by atoms with Gasteiger partial charge in [-0.1, -0.05) is 103 Å². The van der Waals surface area contributed by atoms with Crippen LogP contribution in [0.4, 0.5) is 0 Å². The van der Waals surface area contributed by atoms with Crippen molar-refractivity contribution in [3.8, 4) is 0 Å². The van der Waals surface area contributed by atoms with Gasteiger partial charge in [0.2, 0.25) is 11.8 Å². The number of rotatable bonds is 23. The fraction of sp³-hybridized carbons (Fsp3) is 0.931. The maximum atomic E-state index is 12.2. The number of nitrogens with one attached hydrogen (secondary N) is 1. The van der Waals surface area contributed by atoms with Crippen LogP contribution in [0.1, 0.15) is 148 Å². The lowest BCUT2D eigenvalue weighted by Crippen LogP contribution is -2.37. The molecule has 0 radical (unpaired) electrons. The van der Waals surface area contributed by atoms with Crippen LogP contribution in [0.15, 0.2) is 0 Å². The van der Waals surface area contributed by atoms with Crippen LogP contribution < -0.4 is 5.32 Å². The van der Waals surface area contributed by atoms with Crippen LogP contribution >= 0.6 is 0 Å². The van der Waals surface area contributed by atoms with Crippen LogP contribution in [0.25, 0.3) is 0 Å². The zero-order chi connectivity index (χ0) is 24.7. The molecule has 0 aromatic heterocycles. The van der Waals surface area contributed by atoms with Gasteiger partial charge in [-0.2, -0.15) is 0 Å². The molecule has 2 N–H and O–H groups in total. The average Bonchev–Trinajstić information content (AvgIpc) is 3.32. The lowest BCUT2D eigenvalue weighted by atomic mass is 10.0. The van der Waals surface area contributed by atoms with Gasteiger partial charge in [-0.3, -0.25) is 9.59 Å². The lowest BCUT2D eigenvalue weighted by molar-refractivity contribution is -0.132. The lowest BCUT2D eigenvalue weighted by Gasteiger charge is -2.22. The van der Waals surface area contributed by atoms with Crippen LogP contribution in [0.3, 0.4) is 0 Å². The molecule has 1 aliphatic heterocycles. The zero-order valence-electron chi connectivity index (χ0n) is 22.5. The average molecular weight is 481 g/mol. The molecule has 1 saturated heterocycles. The number of unbranched alkanes of at least 4 members (excludes halogenated alkanes) is 16. The standard InChI is InChI=1S/C29H56N2O3/c1-2-3-4-5-6-7-8-9-10-11-12-13-14-15-17-22-28(33)30-24-19-16-18-23-29(34)31-25-20-21-27(31)26-32/h27,32H,2-26H2,1H3,(H,30,33)/t27-/m0/s1. The highest BCUT2D eigenvalue weighted by molar-refractivity contribution is 5.77. The largest absolute Gasteiger partial charge is 0.394 e. The summed E-state index contributed by atoms with van der Waals surface area (Å²) in [7, 11) is 0. The van der Waals surface area contributed by atoms with E-state index in [1.54, 1.807) is 0 Å². The summed E-state index contributed by atoms with van der Waals surface area (Å²) in [5, 5.41) is 12.4. The molecule has 1 atom stereocenters. The van der Waals surface area contributed by atoms with Gasteiger partial charge in [0.1, 0.15) is 0 Å². The Morgan fingerprint density at radius 2 is 1.24 bits per heavy atom. The Kier molecular flexibility index (Phi) is 20.3. The highest BCUT2D eigenvalue weighted by Gasteiger charge is 2.27. The first-order valence-corrected chi connectivity index (χ1v) is 14.9. The van der Waals surface area contributed by atoms with Crippen LogP contribution in [0.2, 0.25) is 0 Å². The van der Waals surface area contributed by atoms with Crippen molar-refractivity contribution < 1.29 is 14.7 Å². The third-order valence-corrected chi connectivity index (χ3v) is 7.31. The third-order valence-electron chi connectivity index (χ3n) is 7.31. The van der Waals surface area contributed by atoms with Gasteiger partial charge in [0.15, 0.2) is 0 Å². The van der Waals surface area contributed by atoms with Gasteiger partial charge in [0.05, 0.1) is 12.6 Å². The van der Waals surface area contributed by atoms with E-state index in [1.165, 1.54) is 89.9 Å². The second-order valence-corrected chi connectivity index (χ2v) is 10.4. The molecule has 0 aromatic carbocycles. The van der Waals surface area contributed by atoms with Crippen LogP contribution in [0.5, 0.6) is 0 Å². The number of nitrogens with zero attached hydrogens (tertiary/aromatic N) is 1. The number of aliphatic hydroxyl groups is 1. The van der Waals surface area contributed by atoms with Crippen LogP contribution in [0, 0.1) is 0 Å². The first-order chi connectivity index (χ1) is 16.7. The Balaban J connectivity index is 1.78. The van der Waals surface area contributed by atoms with E-state index in [0.717, 1.165) is 51.6 Å². The summed E-state index contributed by atoms with van der Waals surface area (Å²) in [6.07, 6.45) is 26.0. The molecule has 1 heterocycles. The summed E-state index contributed by atoms with van der Waals surface area (Å²) in [6, 6.07) is 0.0338. The molecule has 200 valence electrons. The summed E-state index contributed by atoms with van der Waals surface area (Å²) < 4.78 is 0. The summed E-state index contributed by atoms with van der Waals surface area (Å²) in [5.74, 6) is 0.349. The van der Waals surface area contributed by atoms with Gasteiger partial charge >= 0.3 is 0 Å². The number of aliphatic hydroxyl groups excluding tert-OH is 1. The van der Waals surface area contributed by atoms with E-state index < -0.39 is 0 Å². The highest BCUT2D eigenvalue weighted by atomic mass is 16.3. The van der Waals surface area contributed by atoms with Gasteiger partial charge in [-0.15, -0.1) is 0 Å². The number of carbonyl (C=O) groups excluding carboxylic acids is 2. The van der Waals surface area contributed by atoms with Crippen LogP contribution in [-0.4, -0.2) is 47.6 Å². The number of hydrogen-bond acceptors (Lipinski definition) is 3.